The van der Waals surface area contributed by atoms with E-state index in [2.05, 4.69) is 5.32 Å². The number of nitrogens with zero attached hydrogens (tertiary/aromatic N) is 1. The van der Waals surface area contributed by atoms with Crippen LogP contribution in [0, 0.1) is 17.0 Å². The van der Waals surface area contributed by atoms with Crippen molar-refractivity contribution in [1.82, 2.24) is 0 Å². The molecule has 0 amide bonds. The number of anilines is 1. The van der Waals surface area contributed by atoms with E-state index in [1.165, 1.54) is 17.2 Å². The van der Waals surface area contributed by atoms with Crippen LogP contribution in [0.1, 0.15) is 21.5 Å². The van der Waals surface area contributed by atoms with E-state index in [9.17, 15) is 14.9 Å². The van der Waals surface area contributed by atoms with Crippen molar-refractivity contribution in [2.24, 2.45) is 0 Å². The lowest BCUT2D eigenvalue weighted by Crippen LogP contribution is -2.08. The lowest BCUT2D eigenvalue weighted by molar-refractivity contribution is -0.384. The van der Waals surface area contributed by atoms with Crippen LogP contribution in [0.3, 0.4) is 0 Å². The molecule has 0 saturated heterocycles. The van der Waals surface area contributed by atoms with E-state index < -0.39 is 4.92 Å². The van der Waals surface area contributed by atoms with Crippen molar-refractivity contribution in [3.05, 3.63) is 69.3 Å². The molecule has 2 aromatic carbocycles. The second-order valence-electron chi connectivity index (χ2n) is 4.75. The van der Waals surface area contributed by atoms with Gasteiger partial charge in [0.2, 0.25) is 0 Å². The summed E-state index contributed by atoms with van der Waals surface area (Å²) in [6, 6.07) is 12.5. The smallest absolute Gasteiger partial charge is 0.293 e. The molecule has 0 aromatic heterocycles. The summed E-state index contributed by atoms with van der Waals surface area (Å²) in [6.07, 6.45) is 1.38. The van der Waals surface area contributed by atoms with Crippen LogP contribution in [0.5, 0.6) is 0 Å². The maximum atomic E-state index is 11.0. The maximum absolute atomic E-state index is 11.0. The molecule has 0 heterocycles. The molecule has 0 aliphatic heterocycles. The number of nitro benzene ring substituents is 1. The van der Waals surface area contributed by atoms with Gasteiger partial charge in [0.25, 0.3) is 5.69 Å². The van der Waals surface area contributed by atoms with Gasteiger partial charge in [0, 0.05) is 18.2 Å². The number of hydrogen-bond donors (Lipinski definition) is 1. The molecule has 0 saturated carbocycles. The summed E-state index contributed by atoms with van der Waals surface area (Å²) in [5, 5.41) is 14.1. The lowest BCUT2D eigenvalue weighted by atomic mass is 10.1. The van der Waals surface area contributed by atoms with Crippen molar-refractivity contribution in [2.75, 3.05) is 11.9 Å². The Bertz CT molecular complexity index is 668. The van der Waals surface area contributed by atoms with Gasteiger partial charge in [0.1, 0.15) is 12.0 Å². The molecule has 5 heteroatoms. The average molecular weight is 284 g/mol. The molecular formula is C16H16N2O3. The van der Waals surface area contributed by atoms with E-state index in [1.807, 2.05) is 31.2 Å². The second-order valence-corrected chi connectivity index (χ2v) is 4.75. The van der Waals surface area contributed by atoms with Gasteiger partial charge in [-0.15, -0.1) is 0 Å². The first-order valence-electron chi connectivity index (χ1n) is 6.64. The summed E-state index contributed by atoms with van der Waals surface area (Å²) in [7, 11) is 0. The molecule has 0 bridgehead atoms. The molecule has 0 radical (unpaired) electrons. The van der Waals surface area contributed by atoms with Crippen LogP contribution < -0.4 is 5.32 Å². The van der Waals surface area contributed by atoms with Gasteiger partial charge in [-0.05, 0) is 36.6 Å². The highest BCUT2D eigenvalue weighted by atomic mass is 16.6. The predicted octanol–water partition coefficient (Wildman–Crippen LogP) is 3.37. The van der Waals surface area contributed by atoms with Crippen molar-refractivity contribution in [3.8, 4) is 0 Å². The fourth-order valence-corrected chi connectivity index (χ4v) is 2.14. The number of benzene rings is 2. The first-order valence-corrected chi connectivity index (χ1v) is 6.64. The van der Waals surface area contributed by atoms with Crippen LogP contribution in [0.4, 0.5) is 11.4 Å². The fourth-order valence-electron chi connectivity index (χ4n) is 2.14. The molecule has 5 nitrogen and oxygen atoms in total. The Morgan fingerprint density at radius 3 is 2.67 bits per heavy atom. The zero-order valence-electron chi connectivity index (χ0n) is 11.7. The summed E-state index contributed by atoms with van der Waals surface area (Å²) < 4.78 is 0. The average Bonchev–Trinajstić information content (AvgIpc) is 2.49. The van der Waals surface area contributed by atoms with Gasteiger partial charge in [-0.3, -0.25) is 14.9 Å². The predicted molar refractivity (Wildman–Crippen MR) is 81.9 cm³/mol. The summed E-state index contributed by atoms with van der Waals surface area (Å²) in [5.74, 6) is 0. The van der Waals surface area contributed by atoms with E-state index in [-0.39, 0.29) is 5.69 Å². The Balaban J connectivity index is 2.08. The molecule has 0 unspecified atom stereocenters. The summed E-state index contributed by atoms with van der Waals surface area (Å²) >= 11 is 0. The number of nitro groups is 1. The van der Waals surface area contributed by atoms with E-state index in [4.69, 9.17) is 0 Å². The highest BCUT2D eigenvalue weighted by Gasteiger charge is 2.14. The topological polar surface area (TPSA) is 72.2 Å². The monoisotopic (exact) mass is 284 g/mol. The number of nitrogens with one attached hydrogen (secondary N) is 1. The number of carbonyl (C=O) groups excluding carboxylic acids is 1. The molecule has 0 fully saturated rings. The molecule has 0 aliphatic carbocycles. The molecule has 108 valence electrons. The fraction of sp³-hybridized carbons (Fsp3) is 0.188. The van der Waals surface area contributed by atoms with Gasteiger partial charge in [-0.2, -0.15) is 0 Å². The molecule has 21 heavy (non-hydrogen) atoms. The molecule has 2 rings (SSSR count). The van der Waals surface area contributed by atoms with E-state index in [0.717, 1.165) is 6.42 Å². The molecule has 2 aromatic rings. The Morgan fingerprint density at radius 2 is 2.00 bits per heavy atom. The molecule has 1 N–H and O–H groups in total. The number of carbonyl (C=O) groups is 1. The van der Waals surface area contributed by atoms with Crippen molar-refractivity contribution in [2.45, 2.75) is 13.3 Å². The molecular weight excluding hydrogens is 268 g/mol. The summed E-state index contributed by atoms with van der Waals surface area (Å²) in [4.78, 5) is 21.2. The van der Waals surface area contributed by atoms with Crippen LogP contribution >= 0.6 is 0 Å². The second kappa shape index (κ2) is 6.65. The number of hydrogen-bond acceptors (Lipinski definition) is 4. The molecule has 0 spiro atoms. The van der Waals surface area contributed by atoms with Gasteiger partial charge >= 0.3 is 0 Å². The Hall–Kier alpha value is -2.69. The number of aryl methyl sites for hydroxylation is 1. The first-order chi connectivity index (χ1) is 10.1. The Labute approximate surface area is 122 Å². The molecule has 0 atom stereocenters. The van der Waals surface area contributed by atoms with Gasteiger partial charge in [0.05, 0.1) is 4.92 Å². The van der Waals surface area contributed by atoms with Gasteiger partial charge in [0.15, 0.2) is 0 Å². The molecule has 0 aliphatic rings. The standard InChI is InChI=1S/C16H16N2O3/c1-12-4-2-3-5-14(12)8-9-17-15-7-6-13(11-19)10-16(15)18(20)21/h2-7,10-11,17H,8-9H2,1H3. The number of rotatable bonds is 6. The van der Waals surface area contributed by atoms with Crippen molar-refractivity contribution in [3.63, 3.8) is 0 Å². The van der Waals surface area contributed by atoms with Crippen LogP contribution in [0.2, 0.25) is 0 Å². The SMILES string of the molecule is Cc1ccccc1CCNc1ccc(C=O)cc1[N+](=O)[O-]. The van der Waals surface area contributed by atoms with Crippen LogP contribution in [0.25, 0.3) is 0 Å². The third-order valence-corrected chi connectivity index (χ3v) is 3.33. The highest BCUT2D eigenvalue weighted by molar-refractivity contribution is 5.79. The van der Waals surface area contributed by atoms with Gasteiger partial charge in [-0.1, -0.05) is 24.3 Å². The minimum absolute atomic E-state index is 0.0793. The van der Waals surface area contributed by atoms with E-state index in [1.54, 1.807) is 12.1 Å². The maximum Gasteiger partial charge on any atom is 0.293 e. The lowest BCUT2D eigenvalue weighted by Gasteiger charge is -2.09. The van der Waals surface area contributed by atoms with Gasteiger partial charge in [-0.25, -0.2) is 0 Å². The van der Waals surface area contributed by atoms with E-state index >= 15 is 0 Å². The summed E-state index contributed by atoms with van der Waals surface area (Å²) in [6.45, 7) is 2.63. The van der Waals surface area contributed by atoms with Crippen molar-refractivity contribution >= 4 is 17.7 Å². The normalized spacial score (nSPS) is 10.1. The third kappa shape index (κ3) is 3.66. The number of aldehydes is 1. The van der Waals surface area contributed by atoms with Crippen molar-refractivity contribution in [1.29, 1.82) is 0 Å². The van der Waals surface area contributed by atoms with Crippen molar-refractivity contribution < 1.29 is 9.72 Å². The zero-order chi connectivity index (χ0) is 15.2. The zero-order valence-corrected chi connectivity index (χ0v) is 11.7. The highest BCUT2D eigenvalue weighted by Crippen LogP contribution is 2.25. The summed E-state index contributed by atoms with van der Waals surface area (Å²) in [5.41, 5.74) is 3.05. The van der Waals surface area contributed by atoms with Crippen LogP contribution in [0.15, 0.2) is 42.5 Å². The Morgan fingerprint density at radius 1 is 1.24 bits per heavy atom. The first kappa shape index (κ1) is 14.7. The third-order valence-electron chi connectivity index (χ3n) is 3.33. The Kier molecular flexibility index (Phi) is 4.66. The largest absolute Gasteiger partial charge is 0.379 e. The quantitative estimate of drug-likeness (QED) is 0.501. The van der Waals surface area contributed by atoms with E-state index in [0.29, 0.717) is 24.1 Å². The van der Waals surface area contributed by atoms with Gasteiger partial charge < -0.3 is 5.32 Å². The van der Waals surface area contributed by atoms with Crippen LogP contribution in [-0.4, -0.2) is 17.8 Å². The minimum Gasteiger partial charge on any atom is -0.379 e. The minimum atomic E-state index is -0.483. The van der Waals surface area contributed by atoms with Crippen LogP contribution in [-0.2, 0) is 6.42 Å².